The Hall–Kier alpha value is -0.910. The van der Waals surface area contributed by atoms with E-state index in [1.807, 2.05) is 6.07 Å². The van der Waals surface area contributed by atoms with E-state index in [1.165, 1.54) is 32.5 Å². The van der Waals surface area contributed by atoms with Gasteiger partial charge in [-0.05, 0) is 42.7 Å². The van der Waals surface area contributed by atoms with Crippen molar-refractivity contribution in [2.75, 3.05) is 31.9 Å². The Morgan fingerprint density at radius 2 is 1.73 bits per heavy atom. The first-order valence-electron chi connectivity index (χ1n) is 8.35. The number of benzene rings is 1. The molecule has 3 heterocycles. The van der Waals surface area contributed by atoms with Gasteiger partial charge in [-0.2, -0.15) is 0 Å². The minimum absolute atomic E-state index is 0.195. The van der Waals surface area contributed by atoms with Crippen molar-refractivity contribution in [1.29, 1.82) is 0 Å². The van der Waals surface area contributed by atoms with Gasteiger partial charge >= 0.3 is 0 Å². The maximum Gasteiger partial charge on any atom is 0.179 e. The smallest absolute Gasteiger partial charge is 0.179 e. The lowest BCUT2D eigenvalue weighted by Gasteiger charge is -2.56. The number of piperidine rings is 3. The van der Waals surface area contributed by atoms with Crippen LogP contribution >= 0.6 is 0 Å². The lowest BCUT2D eigenvalue weighted by atomic mass is 9.65. The van der Waals surface area contributed by atoms with Crippen molar-refractivity contribution in [2.45, 2.75) is 23.8 Å². The Morgan fingerprint density at radius 3 is 2.36 bits per heavy atom. The summed E-state index contributed by atoms with van der Waals surface area (Å²) in [6, 6.07) is 9.32. The molecule has 2 atom stereocenters. The van der Waals surface area contributed by atoms with E-state index < -0.39 is 9.84 Å². The SMILES string of the molecule is O=S(=O)(CCNC1C2CC3CC1CN(C3)C2)c1ccccc1. The lowest BCUT2D eigenvalue weighted by molar-refractivity contribution is -0.0435. The second-order valence-electron chi connectivity index (χ2n) is 7.19. The van der Waals surface area contributed by atoms with E-state index in [-0.39, 0.29) is 5.75 Å². The van der Waals surface area contributed by atoms with Crippen LogP contribution in [0, 0.1) is 17.8 Å². The lowest BCUT2D eigenvalue weighted by Crippen LogP contribution is -2.64. The highest BCUT2D eigenvalue weighted by molar-refractivity contribution is 7.91. The fourth-order valence-corrected chi connectivity index (χ4v) is 6.04. The molecule has 4 nitrogen and oxygen atoms in total. The van der Waals surface area contributed by atoms with Crippen LogP contribution in [0.3, 0.4) is 0 Å². The molecule has 0 amide bonds. The Labute approximate surface area is 132 Å². The molecule has 1 saturated carbocycles. The minimum atomic E-state index is -3.16. The van der Waals surface area contributed by atoms with Crippen molar-refractivity contribution in [3.05, 3.63) is 30.3 Å². The third-order valence-electron chi connectivity index (χ3n) is 5.64. The maximum atomic E-state index is 12.3. The molecule has 5 rings (SSSR count). The monoisotopic (exact) mass is 320 g/mol. The predicted molar refractivity (Wildman–Crippen MR) is 86.4 cm³/mol. The molecule has 1 aromatic carbocycles. The first-order chi connectivity index (χ1) is 10.6. The van der Waals surface area contributed by atoms with E-state index in [9.17, 15) is 8.42 Å². The zero-order chi connectivity index (χ0) is 15.2. The molecule has 1 N–H and O–H groups in total. The first-order valence-corrected chi connectivity index (χ1v) is 10.0. The largest absolute Gasteiger partial charge is 0.312 e. The Kier molecular flexibility index (Phi) is 3.75. The molecule has 0 aromatic heterocycles. The van der Waals surface area contributed by atoms with Gasteiger partial charge in [0.25, 0.3) is 0 Å². The van der Waals surface area contributed by atoms with Crippen LogP contribution in [-0.4, -0.2) is 51.3 Å². The number of nitrogens with one attached hydrogen (secondary N) is 1. The molecule has 4 aliphatic rings. The standard InChI is InChI=1S/C17H24N2O2S/c20-22(21,16-4-2-1-3-5-16)7-6-18-17-14-8-13-9-15(17)12-19(10-13)11-14/h1-5,13-15,17-18H,6-12H2. The summed E-state index contributed by atoms with van der Waals surface area (Å²) in [7, 11) is -3.16. The highest BCUT2D eigenvalue weighted by Crippen LogP contribution is 2.43. The highest BCUT2D eigenvalue weighted by Gasteiger charge is 2.47. The maximum absolute atomic E-state index is 12.3. The van der Waals surface area contributed by atoms with Crippen LogP contribution in [0.15, 0.2) is 35.2 Å². The fraction of sp³-hybridized carbons (Fsp3) is 0.647. The number of rotatable bonds is 5. The summed E-state index contributed by atoms with van der Waals surface area (Å²) in [6.07, 6.45) is 2.66. The zero-order valence-corrected chi connectivity index (χ0v) is 13.6. The summed E-state index contributed by atoms with van der Waals surface area (Å²) in [5.41, 5.74) is 0. The van der Waals surface area contributed by atoms with Crippen molar-refractivity contribution < 1.29 is 8.42 Å². The molecule has 3 saturated heterocycles. The van der Waals surface area contributed by atoms with Gasteiger partial charge in [0.2, 0.25) is 0 Å². The number of hydrogen-bond donors (Lipinski definition) is 1. The van der Waals surface area contributed by atoms with E-state index in [1.54, 1.807) is 24.3 Å². The van der Waals surface area contributed by atoms with Gasteiger partial charge in [0, 0.05) is 32.2 Å². The van der Waals surface area contributed by atoms with Crippen molar-refractivity contribution in [3.8, 4) is 0 Å². The molecular weight excluding hydrogens is 296 g/mol. The summed E-state index contributed by atoms with van der Waals surface area (Å²) in [6.45, 7) is 4.27. The van der Waals surface area contributed by atoms with Gasteiger partial charge in [0.15, 0.2) is 9.84 Å². The summed E-state index contributed by atoms with van der Waals surface area (Å²) >= 11 is 0. The molecule has 4 bridgehead atoms. The third kappa shape index (κ3) is 2.70. The topological polar surface area (TPSA) is 49.4 Å². The van der Waals surface area contributed by atoms with E-state index in [0.29, 0.717) is 17.5 Å². The van der Waals surface area contributed by atoms with Crippen LogP contribution in [0.25, 0.3) is 0 Å². The zero-order valence-electron chi connectivity index (χ0n) is 12.8. The van der Waals surface area contributed by atoms with Gasteiger partial charge in [-0.3, -0.25) is 0 Å². The minimum Gasteiger partial charge on any atom is -0.312 e. The second-order valence-corrected chi connectivity index (χ2v) is 9.30. The third-order valence-corrected chi connectivity index (χ3v) is 7.37. The summed E-state index contributed by atoms with van der Waals surface area (Å²) in [5, 5.41) is 3.58. The van der Waals surface area contributed by atoms with Crippen molar-refractivity contribution >= 4 is 9.84 Å². The molecule has 120 valence electrons. The predicted octanol–water partition coefficient (Wildman–Crippen LogP) is 1.39. The van der Waals surface area contributed by atoms with E-state index in [0.717, 1.165) is 17.8 Å². The van der Waals surface area contributed by atoms with Crippen LogP contribution in [0.2, 0.25) is 0 Å². The normalized spacial score (nSPS) is 36.6. The molecule has 0 spiro atoms. The van der Waals surface area contributed by atoms with Crippen LogP contribution in [0.5, 0.6) is 0 Å². The average Bonchev–Trinajstić information content (AvgIpc) is 2.50. The molecule has 2 unspecified atom stereocenters. The fourth-order valence-electron chi connectivity index (χ4n) is 4.85. The number of hydrogen-bond acceptors (Lipinski definition) is 4. The Morgan fingerprint density at radius 1 is 1.05 bits per heavy atom. The molecule has 1 aliphatic carbocycles. The Bertz CT molecular complexity index is 601. The molecule has 0 radical (unpaired) electrons. The highest BCUT2D eigenvalue weighted by atomic mass is 32.2. The van der Waals surface area contributed by atoms with Crippen LogP contribution in [0.1, 0.15) is 12.8 Å². The van der Waals surface area contributed by atoms with Gasteiger partial charge in [-0.25, -0.2) is 8.42 Å². The summed E-state index contributed by atoms with van der Waals surface area (Å²) in [5.74, 6) is 2.54. The van der Waals surface area contributed by atoms with E-state index in [4.69, 9.17) is 0 Å². The Balaban J connectivity index is 1.36. The molecule has 3 aliphatic heterocycles. The summed E-state index contributed by atoms with van der Waals surface area (Å²) < 4.78 is 24.7. The van der Waals surface area contributed by atoms with Crippen LogP contribution < -0.4 is 5.32 Å². The molecule has 1 aromatic rings. The molecule has 22 heavy (non-hydrogen) atoms. The van der Waals surface area contributed by atoms with E-state index >= 15 is 0 Å². The van der Waals surface area contributed by atoms with Crippen LogP contribution in [0.4, 0.5) is 0 Å². The van der Waals surface area contributed by atoms with Gasteiger partial charge in [0.1, 0.15) is 0 Å². The second kappa shape index (κ2) is 5.62. The summed E-state index contributed by atoms with van der Waals surface area (Å²) in [4.78, 5) is 3.04. The van der Waals surface area contributed by atoms with Crippen LogP contribution in [-0.2, 0) is 9.84 Å². The van der Waals surface area contributed by atoms with Gasteiger partial charge < -0.3 is 10.2 Å². The van der Waals surface area contributed by atoms with Gasteiger partial charge in [-0.1, -0.05) is 18.2 Å². The quantitative estimate of drug-likeness (QED) is 0.891. The number of nitrogens with zero attached hydrogens (tertiary/aromatic N) is 1. The molecule has 4 fully saturated rings. The van der Waals surface area contributed by atoms with Gasteiger partial charge in [0.05, 0.1) is 10.6 Å². The first kappa shape index (κ1) is 14.7. The van der Waals surface area contributed by atoms with Crippen molar-refractivity contribution in [1.82, 2.24) is 10.2 Å². The van der Waals surface area contributed by atoms with Crippen molar-refractivity contribution in [3.63, 3.8) is 0 Å². The van der Waals surface area contributed by atoms with Crippen molar-refractivity contribution in [2.24, 2.45) is 17.8 Å². The average molecular weight is 320 g/mol. The molecule has 5 heteroatoms. The van der Waals surface area contributed by atoms with Gasteiger partial charge in [-0.15, -0.1) is 0 Å². The van der Waals surface area contributed by atoms with E-state index in [2.05, 4.69) is 10.2 Å². The number of sulfone groups is 1. The molecular formula is C17H24N2O2S.